The minimum Gasteiger partial charge on any atom is -0.370 e. The molecule has 9 heteroatoms. The minimum atomic E-state index is -0.0363. The molecule has 3 aliphatic heterocycles. The Labute approximate surface area is 211 Å². The van der Waals surface area contributed by atoms with Crippen LogP contribution < -0.4 is 9.62 Å². The lowest BCUT2D eigenvalue weighted by Gasteiger charge is -2.45. The topological polar surface area (TPSA) is 56.6 Å². The van der Waals surface area contributed by atoms with Crippen molar-refractivity contribution in [2.75, 3.05) is 48.6 Å². The summed E-state index contributed by atoms with van der Waals surface area (Å²) in [7, 11) is 0. The van der Waals surface area contributed by atoms with Crippen molar-refractivity contribution in [1.29, 1.82) is 0 Å². The number of piperidine rings is 2. The van der Waals surface area contributed by atoms with Crippen LogP contribution >= 0.6 is 23.5 Å². The Balaban J connectivity index is 1.24. The summed E-state index contributed by atoms with van der Waals surface area (Å²) in [6.07, 6.45) is 11.9. The molecule has 1 N–H and O–H groups in total. The van der Waals surface area contributed by atoms with Crippen LogP contribution in [-0.2, 0) is 6.54 Å². The van der Waals surface area contributed by atoms with Gasteiger partial charge in [0.05, 0.1) is 10.7 Å². The lowest BCUT2D eigenvalue weighted by molar-refractivity contribution is 0.0585. The molecule has 1 spiro atoms. The molecule has 0 radical (unpaired) electrons. The first-order valence-corrected chi connectivity index (χ1v) is 14.1. The van der Waals surface area contributed by atoms with Crippen molar-refractivity contribution in [2.24, 2.45) is 0 Å². The summed E-state index contributed by atoms with van der Waals surface area (Å²) in [6.45, 7) is 5.72. The average molecular weight is 503 g/mol. The number of hydrogen-bond donors (Lipinski definition) is 1. The van der Waals surface area contributed by atoms with Crippen LogP contribution in [0, 0.1) is 0 Å². The van der Waals surface area contributed by atoms with Crippen molar-refractivity contribution in [3.8, 4) is 0 Å². The van der Waals surface area contributed by atoms with Crippen molar-refractivity contribution in [1.82, 2.24) is 19.6 Å². The van der Waals surface area contributed by atoms with Crippen LogP contribution in [0.5, 0.6) is 0 Å². The Hall–Kier alpha value is -1.90. The summed E-state index contributed by atoms with van der Waals surface area (Å²) in [4.78, 5) is 20.0. The zero-order valence-electron chi connectivity index (χ0n) is 20.0. The van der Waals surface area contributed by atoms with E-state index in [0.717, 1.165) is 57.1 Å². The molecule has 3 fully saturated rings. The molecule has 2 aromatic rings. The molecular weight excluding hydrogens is 468 g/mol. The van der Waals surface area contributed by atoms with Gasteiger partial charge in [-0.25, -0.2) is 4.79 Å². The number of carbonyl (C=O) groups is 1. The van der Waals surface area contributed by atoms with Crippen LogP contribution in [0.3, 0.4) is 0 Å². The third kappa shape index (κ3) is 4.77. The number of amides is 1. The van der Waals surface area contributed by atoms with Gasteiger partial charge in [-0.2, -0.15) is 4.68 Å². The third-order valence-electron chi connectivity index (χ3n) is 7.81. The average Bonchev–Trinajstić information content (AvgIpc) is 3.49. The van der Waals surface area contributed by atoms with E-state index in [1.807, 2.05) is 17.2 Å². The van der Waals surface area contributed by atoms with Gasteiger partial charge < -0.3 is 14.5 Å². The largest absolute Gasteiger partial charge is 0.370 e. The molecular formula is C25H35ClN6OS. The fourth-order valence-electron chi connectivity index (χ4n) is 5.93. The molecule has 3 saturated heterocycles. The molecule has 1 aromatic heterocycles. The standard InChI is InChI=1S/C25H35ClN6OS/c1-34-28-22-9-16-32(27-22)24(33)30-17-11-25(12-18-30)10-6-15-31(25)19-20-7-5-8-21(23(20)26)29-13-3-2-4-14-29/h5,7-9,16H,2-4,6,10-15,17-19H2,1H3,(H,27,28). The molecule has 5 rings (SSSR count). The van der Waals surface area contributed by atoms with Gasteiger partial charge in [0.25, 0.3) is 0 Å². The molecule has 4 heterocycles. The Morgan fingerprint density at radius 2 is 1.85 bits per heavy atom. The molecule has 0 bridgehead atoms. The van der Waals surface area contributed by atoms with Crippen molar-refractivity contribution >= 4 is 41.1 Å². The second-order valence-electron chi connectivity index (χ2n) is 9.77. The first-order valence-electron chi connectivity index (χ1n) is 12.5. The van der Waals surface area contributed by atoms with Crippen LogP contribution in [0.2, 0.25) is 5.02 Å². The minimum absolute atomic E-state index is 0.0363. The van der Waals surface area contributed by atoms with Gasteiger partial charge in [0.15, 0.2) is 5.82 Å². The molecule has 7 nitrogen and oxygen atoms in total. The summed E-state index contributed by atoms with van der Waals surface area (Å²) in [5, 5.41) is 5.28. The number of nitrogens with one attached hydrogen (secondary N) is 1. The number of rotatable bonds is 5. The summed E-state index contributed by atoms with van der Waals surface area (Å²) in [5.74, 6) is 0.708. The van der Waals surface area contributed by atoms with Crippen molar-refractivity contribution in [2.45, 2.75) is 57.0 Å². The van der Waals surface area contributed by atoms with E-state index in [9.17, 15) is 4.79 Å². The normalized spacial score (nSPS) is 20.8. The highest BCUT2D eigenvalue weighted by atomic mass is 35.5. The lowest BCUT2D eigenvalue weighted by Crippen LogP contribution is -2.53. The maximum Gasteiger partial charge on any atom is 0.344 e. The highest BCUT2D eigenvalue weighted by Gasteiger charge is 2.44. The summed E-state index contributed by atoms with van der Waals surface area (Å²) >= 11 is 8.44. The van der Waals surface area contributed by atoms with Gasteiger partial charge in [-0.05, 0) is 63.1 Å². The van der Waals surface area contributed by atoms with Crippen LogP contribution in [0.1, 0.15) is 50.5 Å². The first-order chi connectivity index (χ1) is 16.6. The zero-order valence-corrected chi connectivity index (χ0v) is 21.6. The summed E-state index contributed by atoms with van der Waals surface area (Å²) in [6, 6.07) is 8.33. The number of nitrogens with zero attached hydrogens (tertiary/aromatic N) is 5. The highest BCUT2D eigenvalue weighted by Crippen LogP contribution is 2.41. The Morgan fingerprint density at radius 1 is 1.06 bits per heavy atom. The lowest BCUT2D eigenvalue weighted by atomic mass is 9.84. The van der Waals surface area contributed by atoms with Crippen molar-refractivity contribution in [3.05, 3.63) is 41.0 Å². The maximum atomic E-state index is 13.0. The Bertz CT molecular complexity index is 999. The van der Waals surface area contributed by atoms with Gasteiger partial charge >= 0.3 is 6.03 Å². The second kappa shape index (κ2) is 10.4. The Morgan fingerprint density at radius 3 is 2.62 bits per heavy atom. The van der Waals surface area contributed by atoms with Crippen LogP contribution in [0.4, 0.5) is 16.3 Å². The number of halogens is 1. The molecule has 34 heavy (non-hydrogen) atoms. The predicted octanol–water partition coefficient (Wildman–Crippen LogP) is 5.32. The van der Waals surface area contributed by atoms with E-state index in [0.29, 0.717) is 5.82 Å². The first kappa shape index (κ1) is 23.8. The fraction of sp³-hybridized carbons (Fsp3) is 0.600. The SMILES string of the molecule is CSNc1ccn(C(=O)N2CCC3(CCCN3Cc3cccc(N4CCCCC4)c3Cl)CC2)n1. The smallest absolute Gasteiger partial charge is 0.344 e. The van der Waals surface area contributed by atoms with Crippen LogP contribution in [0.25, 0.3) is 0 Å². The number of aromatic nitrogens is 2. The highest BCUT2D eigenvalue weighted by molar-refractivity contribution is 7.99. The van der Waals surface area contributed by atoms with E-state index in [-0.39, 0.29) is 11.6 Å². The number of carbonyl (C=O) groups excluding carboxylic acids is 1. The fourth-order valence-corrected chi connectivity index (χ4v) is 6.55. The Kier molecular flexibility index (Phi) is 7.27. The van der Waals surface area contributed by atoms with E-state index >= 15 is 0 Å². The van der Waals surface area contributed by atoms with Crippen molar-refractivity contribution in [3.63, 3.8) is 0 Å². The van der Waals surface area contributed by atoms with E-state index < -0.39 is 0 Å². The van der Waals surface area contributed by atoms with E-state index in [4.69, 9.17) is 11.6 Å². The monoisotopic (exact) mass is 502 g/mol. The molecule has 0 unspecified atom stereocenters. The van der Waals surface area contributed by atoms with Gasteiger partial charge in [-0.1, -0.05) is 35.7 Å². The number of benzene rings is 1. The number of anilines is 2. The molecule has 0 saturated carbocycles. The number of hydrogen-bond acceptors (Lipinski definition) is 6. The second-order valence-corrected chi connectivity index (χ2v) is 10.8. The van der Waals surface area contributed by atoms with Crippen LogP contribution in [-0.4, -0.2) is 70.1 Å². The quantitative estimate of drug-likeness (QED) is 0.559. The third-order valence-corrected chi connectivity index (χ3v) is 8.66. The van der Waals surface area contributed by atoms with Gasteiger partial charge in [0.2, 0.25) is 0 Å². The van der Waals surface area contributed by atoms with Gasteiger partial charge in [0.1, 0.15) is 0 Å². The van der Waals surface area contributed by atoms with Gasteiger partial charge in [-0.15, -0.1) is 5.10 Å². The number of likely N-dealkylation sites (tertiary alicyclic amines) is 2. The summed E-state index contributed by atoms with van der Waals surface area (Å²) < 4.78 is 4.53. The summed E-state index contributed by atoms with van der Waals surface area (Å²) in [5.41, 5.74) is 2.59. The predicted molar refractivity (Wildman–Crippen MR) is 141 cm³/mol. The van der Waals surface area contributed by atoms with E-state index in [2.05, 4.69) is 37.8 Å². The maximum absolute atomic E-state index is 13.0. The van der Waals surface area contributed by atoms with E-state index in [1.54, 1.807) is 6.20 Å². The molecule has 0 atom stereocenters. The van der Waals surface area contributed by atoms with Crippen molar-refractivity contribution < 1.29 is 4.79 Å². The molecule has 3 aliphatic rings. The van der Waals surface area contributed by atoms with E-state index in [1.165, 1.54) is 60.0 Å². The molecule has 184 valence electrons. The van der Waals surface area contributed by atoms with Gasteiger partial charge in [0, 0.05) is 56.8 Å². The van der Waals surface area contributed by atoms with Gasteiger partial charge in [-0.3, -0.25) is 4.90 Å². The molecule has 1 aromatic carbocycles. The zero-order chi connectivity index (χ0) is 23.5. The molecule has 1 amide bonds. The van der Waals surface area contributed by atoms with Crippen LogP contribution in [0.15, 0.2) is 30.5 Å². The molecule has 0 aliphatic carbocycles.